The van der Waals surface area contributed by atoms with E-state index in [1.807, 2.05) is 0 Å². The normalized spacial score (nSPS) is 16.9. The van der Waals surface area contributed by atoms with Crippen molar-refractivity contribution < 1.29 is 38.0 Å². The maximum Gasteiger partial charge on any atom is 0.330 e. The number of methoxy groups -OCH3 is 5. The van der Waals surface area contributed by atoms with Crippen molar-refractivity contribution in [2.24, 2.45) is 0 Å². The minimum absolute atomic E-state index is 0.430. The molecule has 0 aromatic heterocycles. The molecule has 0 amide bonds. The largest absolute Gasteiger partial charge is 0.493 e. The minimum Gasteiger partial charge on any atom is -0.493 e. The van der Waals surface area contributed by atoms with E-state index < -0.39 is 24.0 Å². The lowest BCUT2D eigenvalue weighted by molar-refractivity contribution is -0.144. The maximum absolute atomic E-state index is 12.8. The molecule has 0 saturated heterocycles. The van der Waals surface area contributed by atoms with Gasteiger partial charge >= 0.3 is 11.9 Å². The summed E-state index contributed by atoms with van der Waals surface area (Å²) in [5.74, 6) is 0.226. The summed E-state index contributed by atoms with van der Waals surface area (Å²) in [7, 11) is 7.20. The van der Waals surface area contributed by atoms with Gasteiger partial charge in [0.15, 0.2) is 23.0 Å². The number of carbonyl (C=O) groups excluding carboxylic acids is 2. The molecule has 2 atom stereocenters. The van der Waals surface area contributed by atoms with E-state index >= 15 is 0 Å². The van der Waals surface area contributed by atoms with Crippen molar-refractivity contribution in [3.05, 3.63) is 53.1 Å². The van der Waals surface area contributed by atoms with E-state index in [4.69, 9.17) is 23.7 Å². The van der Waals surface area contributed by atoms with Gasteiger partial charge in [-0.2, -0.15) is 0 Å². The van der Waals surface area contributed by atoms with Gasteiger partial charge in [-0.3, -0.25) is 4.79 Å². The molecule has 164 valence electrons. The van der Waals surface area contributed by atoms with Gasteiger partial charge in [-0.1, -0.05) is 6.07 Å². The number of carbonyl (C=O) groups is 2. The topological polar surface area (TPSA) is 89.5 Å². The Morgan fingerprint density at radius 1 is 0.871 bits per heavy atom. The highest BCUT2D eigenvalue weighted by atomic mass is 16.5. The van der Waals surface area contributed by atoms with Gasteiger partial charge in [0.1, 0.15) is 12.0 Å². The summed E-state index contributed by atoms with van der Waals surface area (Å²) in [6.07, 6.45) is 2.19. The average molecular weight is 428 g/mol. The molecule has 0 radical (unpaired) electrons. The highest BCUT2D eigenvalue weighted by molar-refractivity contribution is 5.88. The lowest BCUT2D eigenvalue weighted by Gasteiger charge is -2.19. The summed E-state index contributed by atoms with van der Waals surface area (Å²) in [5.41, 5.74) is 1.94. The first kappa shape index (κ1) is 22.0. The summed E-state index contributed by atoms with van der Waals surface area (Å²) in [4.78, 5) is 24.3. The van der Waals surface area contributed by atoms with Crippen molar-refractivity contribution in [2.75, 3.05) is 35.5 Å². The van der Waals surface area contributed by atoms with Crippen LogP contribution in [0.5, 0.6) is 23.0 Å². The van der Waals surface area contributed by atoms with Crippen LogP contribution >= 0.6 is 0 Å². The molecular weight excluding hydrogens is 404 g/mol. The molecule has 2 aromatic carbocycles. The van der Waals surface area contributed by atoms with E-state index in [1.54, 1.807) is 43.5 Å². The maximum atomic E-state index is 12.8. The number of hydrogen-bond donors (Lipinski definition) is 0. The third-order valence-corrected chi connectivity index (χ3v) is 5.01. The molecule has 2 unspecified atom stereocenters. The van der Waals surface area contributed by atoms with Crippen LogP contribution < -0.4 is 18.9 Å². The SMILES string of the molecule is COC(=O)C=Cc1cc(OC)c2c(c1)C(C(=O)OC)C(c1ccc(OC)c(OC)c1)O2. The lowest BCUT2D eigenvalue weighted by Crippen LogP contribution is -2.20. The van der Waals surface area contributed by atoms with Gasteiger partial charge in [-0.05, 0) is 41.5 Å². The fraction of sp³-hybridized carbons (Fsp3) is 0.304. The quantitative estimate of drug-likeness (QED) is 0.490. The van der Waals surface area contributed by atoms with E-state index in [0.29, 0.717) is 39.7 Å². The number of rotatable bonds is 7. The molecule has 8 nitrogen and oxygen atoms in total. The molecule has 0 bridgehead atoms. The third-order valence-electron chi connectivity index (χ3n) is 5.01. The fourth-order valence-corrected chi connectivity index (χ4v) is 3.51. The van der Waals surface area contributed by atoms with Crippen molar-refractivity contribution >= 4 is 18.0 Å². The predicted octanol–water partition coefficient (Wildman–Crippen LogP) is 3.29. The van der Waals surface area contributed by atoms with Gasteiger partial charge in [0, 0.05) is 11.6 Å². The molecule has 8 heteroatoms. The van der Waals surface area contributed by atoms with Gasteiger partial charge in [0.2, 0.25) is 0 Å². The van der Waals surface area contributed by atoms with Gasteiger partial charge in [-0.25, -0.2) is 4.79 Å². The first-order chi connectivity index (χ1) is 15.0. The standard InChI is InChI=1S/C23H24O8/c1-26-16-8-7-14(12-17(16)27-2)21-20(23(25)30-5)15-10-13(6-9-19(24)29-4)11-18(28-3)22(15)31-21/h6-12,20-21H,1-5H3. The molecular formula is C23H24O8. The van der Waals surface area contributed by atoms with Gasteiger partial charge in [-0.15, -0.1) is 0 Å². The molecule has 31 heavy (non-hydrogen) atoms. The Balaban J connectivity index is 2.10. The van der Waals surface area contributed by atoms with Crippen LogP contribution in [-0.2, 0) is 19.1 Å². The van der Waals surface area contributed by atoms with Gasteiger partial charge in [0.05, 0.1) is 35.5 Å². The van der Waals surface area contributed by atoms with Crippen LogP contribution in [0.2, 0.25) is 0 Å². The van der Waals surface area contributed by atoms with Crippen LogP contribution in [0.15, 0.2) is 36.4 Å². The number of ether oxygens (including phenoxy) is 6. The lowest BCUT2D eigenvalue weighted by atomic mass is 9.90. The second kappa shape index (κ2) is 9.42. The second-order valence-corrected chi connectivity index (χ2v) is 6.65. The molecule has 3 rings (SSSR count). The molecule has 1 heterocycles. The highest BCUT2D eigenvalue weighted by Gasteiger charge is 2.43. The predicted molar refractivity (Wildman–Crippen MR) is 112 cm³/mol. The molecule has 0 spiro atoms. The van der Waals surface area contributed by atoms with Crippen LogP contribution in [0.25, 0.3) is 6.08 Å². The molecule has 0 fully saturated rings. The van der Waals surface area contributed by atoms with Crippen molar-refractivity contribution in [2.45, 2.75) is 12.0 Å². The average Bonchev–Trinajstić information content (AvgIpc) is 3.20. The summed E-state index contributed by atoms with van der Waals surface area (Å²) in [6, 6.07) is 8.79. The fourth-order valence-electron chi connectivity index (χ4n) is 3.51. The summed E-state index contributed by atoms with van der Waals surface area (Å²) >= 11 is 0. The minimum atomic E-state index is -0.751. The number of esters is 2. The van der Waals surface area contributed by atoms with E-state index in [2.05, 4.69) is 4.74 Å². The smallest absolute Gasteiger partial charge is 0.330 e. The van der Waals surface area contributed by atoms with Gasteiger partial charge in [0.25, 0.3) is 0 Å². The van der Waals surface area contributed by atoms with Crippen LogP contribution in [0.4, 0.5) is 0 Å². The van der Waals surface area contributed by atoms with Crippen molar-refractivity contribution in [3.8, 4) is 23.0 Å². The summed E-state index contributed by atoms with van der Waals surface area (Å²) in [5, 5.41) is 0. The third kappa shape index (κ3) is 4.28. The van der Waals surface area contributed by atoms with E-state index in [0.717, 1.165) is 0 Å². The van der Waals surface area contributed by atoms with Crippen LogP contribution in [0.3, 0.4) is 0 Å². The van der Waals surface area contributed by atoms with Crippen molar-refractivity contribution in [1.29, 1.82) is 0 Å². The Kier molecular flexibility index (Phi) is 6.69. The zero-order valence-electron chi connectivity index (χ0n) is 18.0. The highest BCUT2D eigenvalue weighted by Crippen LogP contribution is 2.52. The Bertz CT molecular complexity index is 1010. The van der Waals surface area contributed by atoms with Crippen molar-refractivity contribution in [1.82, 2.24) is 0 Å². The molecule has 0 saturated carbocycles. The molecule has 1 aliphatic heterocycles. The Morgan fingerprint density at radius 2 is 1.58 bits per heavy atom. The summed E-state index contributed by atoms with van der Waals surface area (Å²) < 4.78 is 32.1. The molecule has 1 aliphatic rings. The Morgan fingerprint density at radius 3 is 2.19 bits per heavy atom. The first-order valence-corrected chi connectivity index (χ1v) is 9.41. The van der Waals surface area contributed by atoms with Crippen molar-refractivity contribution in [3.63, 3.8) is 0 Å². The molecule has 0 aliphatic carbocycles. The Hall–Kier alpha value is -3.68. The van der Waals surface area contributed by atoms with Crippen LogP contribution in [0.1, 0.15) is 28.7 Å². The van der Waals surface area contributed by atoms with Crippen LogP contribution in [-0.4, -0.2) is 47.5 Å². The van der Waals surface area contributed by atoms with E-state index in [9.17, 15) is 9.59 Å². The number of benzene rings is 2. The molecule has 0 N–H and O–H groups in total. The number of hydrogen-bond acceptors (Lipinski definition) is 8. The zero-order chi connectivity index (χ0) is 22.5. The van der Waals surface area contributed by atoms with E-state index in [-0.39, 0.29) is 0 Å². The van der Waals surface area contributed by atoms with E-state index in [1.165, 1.54) is 34.5 Å². The second-order valence-electron chi connectivity index (χ2n) is 6.65. The molecule has 2 aromatic rings. The monoisotopic (exact) mass is 428 g/mol. The first-order valence-electron chi connectivity index (χ1n) is 9.41. The number of fused-ring (bicyclic) bond motifs is 1. The van der Waals surface area contributed by atoms with Gasteiger partial charge < -0.3 is 28.4 Å². The van der Waals surface area contributed by atoms with Crippen LogP contribution in [0, 0.1) is 0 Å². The zero-order valence-corrected chi connectivity index (χ0v) is 18.0. The Labute approximate surface area is 180 Å². The summed E-state index contributed by atoms with van der Waals surface area (Å²) in [6.45, 7) is 0.